The highest BCUT2D eigenvalue weighted by molar-refractivity contribution is 5.94. The summed E-state index contributed by atoms with van der Waals surface area (Å²) in [4.78, 5) is 26.0. The molecule has 0 aliphatic rings. The van der Waals surface area contributed by atoms with Crippen LogP contribution in [0.3, 0.4) is 0 Å². The lowest BCUT2D eigenvalue weighted by atomic mass is 10.1. The molecule has 0 atom stereocenters. The first-order valence-corrected chi connectivity index (χ1v) is 7.56. The van der Waals surface area contributed by atoms with Crippen LogP contribution in [-0.4, -0.2) is 23.1 Å². The molecular weight excluding hydrogens is 306 g/mol. The Balaban J connectivity index is 1.86. The van der Waals surface area contributed by atoms with Gasteiger partial charge in [-0.25, -0.2) is 4.79 Å². The summed E-state index contributed by atoms with van der Waals surface area (Å²) in [6, 6.07) is 16.6. The number of nitrogens with one attached hydrogen (secondary N) is 1. The molecule has 0 radical (unpaired) electrons. The highest BCUT2D eigenvalue weighted by Crippen LogP contribution is 2.08. The van der Waals surface area contributed by atoms with Gasteiger partial charge in [0.15, 0.2) is 0 Å². The minimum atomic E-state index is -0.498. The highest BCUT2D eigenvalue weighted by atomic mass is 16.5. The molecule has 3 rings (SSSR count). The second-order valence-corrected chi connectivity index (χ2v) is 5.63. The molecule has 0 aliphatic carbocycles. The number of H-pyrrole nitrogens is 1. The number of rotatable bonds is 4. The normalized spacial score (nSPS) is 10.6. The first-order valence-electron chi connectivity index (χ1n) is 7.56. The predicted molar refractivity (Wildman–Crippen MR) is 87.8 cm³/mol. The molecule has 1 N–H and O–H groups in total. The summed E-state index contributed by atoms with van der Waals surface area (Å²) < 4.78 is 6.44. The Labute approximate surface area is 138 Å². The summed E-state index contributed by atoms with van der Waals surface area (Å²) in [5.74, 6) is -0.157. The van der Waals surface area contributed by atoms with Crippen LogP contribution in [0.5, 0.6) is 0 Å². The largest absolute Gasteiger partial charge is 0.432 e. The number of para-hydroxylation sites is 1. The second-order valence-electron chi connectivity index (χ2n) is 5.63. The van der Waals surface area contributed by atoms with Crippen LogP contribution >= 0.6 is 0 Å². The fourth-order valence-electron chi connectivity index (χ4n) is 2.43. The van der Waals surface area contributed by atoms with Gasteiger partial charge in [-0.15, -0.1) is 0 Å². The standard InChI is InChI=1S/C18H17N3O3/c1-13-8-10-14(11-9-13)17(22)20(2)12-16-18(23)24-19-21(16)15-6-4-3-5-7-15/h3-11H,12H2,1-2H3/p+1. The number of hydrogen-bond donors (Lipinski definition) is 1. The number of carbonyl (C=O) groups excluding carboxylic acids is 1. The van der Waals surface area contributed by atoms with Crippen molar-refractivity contribution < 1.29 is 14.0 Å². The number of amides is 1. The smallest absolute Gasteiger partial charge is 0.331 e. The number of aromatic nitrogens is 2. The molecule has 24 heavy (non-hydrogen) atoms. The Hall–Kier alpha value is -3.15. The minimum Gasteiger partial charge on any atom is -0.331 e. The van der Waals surface area contributed by atoms with Crippen LogP contribution in [0.1, 0.15) is 21.6 Å². The van der Waals surface area contributed by atoms with E-state index in [-0.39, 0.29) is 12.5 Å². The number of carbonyl (C=O) groups is 1. The lowest BCUT2D eigenvalue weighted by molar-refractivity contribution is -0.678. The van der Waals surface area contributed by atoms with Crippen LogP contribution in [0.4, 0.5) is 0 Å². The quantitative estimate of drug-likeness (QED) is 0.744. The Bertz CT molecular complexity index is 895. The van der Waals surface area contributed by atoms with Gasteiger partial charge in [0.05, 0.1) is 0 Å². The molecule has 0 fully saturated rings. The Morgan fingerprint density at radius 3 is 2.46 bits per heavy atom. The van der Waals surface area contributed by atoms with Gasteiger partial charge in [-0.2, -0.15) is 0 Å². The Kier molecular flexibility index (Phi) is 4.29. The molecule has 0 spiro atoms. The van der Waals surface area contributed by atoms with Gasteiger partial charge in [0, 0.05) is 24.7 Å². The molecule has 0 bridgehead atoms. The maximum absolute atomic E-state index is 12.5. The Morgan fingerprint density at radius 2 is 1.79 bits per heavy atom. The van der Waals surface area contributed by atoms with Crippen molar-refractivity contribution >= 4 is 5.91 Å². The van der Waals surface area contributed by atoms with Crippen molar-refractivity contribution in [3.8, 4) is 5.69 Å². The summed E-state index contributed by atoms with van der Waals surface area (Å²) in [6.07, 6.45) is 0. The zero-order chi connectivity index (χ0) is 17.1. The number of nitrogens with zero attached hydrogens (tertiary/aromatic N) is 2. The number of aryl methyl sites for hydroxylation is 1. The van der Waals surface area contributed by atoms with Crippen LogP contribution in [0.25, 0.3) is 5.69 Å². The lowest BCUT2D eigenvalue weighted by Crippen LogP contribution is -2.42. The number of aromatic amines is 1. The zero-order valence-corrected chi connectivity index (χ0v) is 13.5. The highest BCUT2D eigenvalue weighted by Gasteiger charge is 2.26. The summed E-state index contributed by atoms with van der Waals surface area (Å²) in [5, 5.41) is 2.57. The van der Waals surface area contributed by atoms with E-state index >= 15 is 0 Å². The van der Waals surface area contributed by atoms with E-state index in [9.17, 15) is 9.59 Å². The molecule has 1 amide bonds. The van der Waals surface area contributed by atoms with Crippen LogP contribution in [0.2, 0.25) is 0 Å². The van der Waals surface area contributed by atoms with Gasteiger partial charge >= 0.3 is 11.3 Å². The van der Waals surface area contributed by atoms with Crippen molar-refractivity contribution in [3.63, 3.8) is 0 Å². The molecule has 0 saturated heterocycles. The minimum absolute atomic E-state index is 0.132. The first-order chi connectivity index (χ1) is 11.6. The number of benzene rings is 2. The van der Waals surface area contributed by atoms with Crippen molar-refractivity contribution in [2.45, 2.75) is 13.5 Å². The molecular formula is C18H18N3O3+. The molecule has 0 saturated carbocycles. The van der Waals surface area contributed by atoms with Crippen molar-refractivity contribution in [1.29, 1.82) is 0 Å². The van der Waals surface area contributed by atoms with Crippen LogP contribution < -0.4 is 10.3 Å². The molecule has 1 aromatic heterocycles. The third-order valence-corrected chi connectivity index (χ3v) is 3.78. The molecule has 0 unspecified atom stereocenters. The molecule has 6 nitrogen and oxygen atoms in total. The van der Waals surface area contributed by atoms with Gasteiger partial charge in [-0.3, -0.25) is 9.32 Å². The van der Waals surface area contributed by atoms with Crippen LogP contribution in [0.15, 0.2) is 63.9 Å². The van der Waals surface area contributed by atoms with E-state index in [1.54, 1.807) is 23.9 Å². The summed E-state index contributed by atoms with van der Waals surface area (Å²) in [7, 11) is 1.66. The van der Waals surface area contributed by atoms with Crippen molar-refractivity contribution in [3.05, 3.63) is 81.8 Å². The van der Waals surface area contributed by atoms with E-state index in [1.165, 1.54) is 4.90 Å². The second kappa shape index (κ2) is 6.54. The molecule has 2 aromatic carbocycles. The fraction of sp³-hybridized carbons (Fsp3) is 0.167. The van der Waals surface area contributed by atoms with Crippen molar-refractivity contribution in [1.82, 2.24) is 10.2 Å². The summed E-state index contributed by atoms with van der Waals surface area (Å²) in [6.45, 7) is 2.10. The third kappa shape index (κ3) is 3.12. The van der Waals surface area contributed by atoms with E-state index < -0.39 is 5.63 Å². The van der Waals surface area contributed by atoms with E-state index in [4.69, 9.17) is 4.52 Å². The van der Waals surface area contributed by atoms with Gasteiger partial charge in [-0.1, -0.05) is 35.9 Å². The number of hydrogen-bond acceptors (Lipinski definition) is 3. The summed E-state index contributed by atoms with van der Waals surface area (Å²) >= 11 is 0. The average molecular weight is 324 g/mol. The molecule has 3 aromatic rings. The monoisotopic (exact) mass is 324 g/mol. The maximum atomic E-state index is 12.5. The van der Waals surface area contributed by atoms with Crippen molar-refractivity contribution in [2.24, 2.45) is 0 Å². The van der Waals surface area contributed by atoms with Crippen LogP contribution in [0, 0.1) is 6.92 Å². The van der Waals surface area contributed by atoms with E-state index in [1.807, 2.05) is 49.4 Å². The molecule has 0 aliphatic heterocycles. The van der Waals surface area contributed by atoms with E-state index in [0.717, 1.165) is 11.3 Å². The first kappa shape index (κ1) is 15.7. The SMILES string of the molecule is Cc1ccc(C(=O)N(C)Cc2c(=O)o[nH][n+]2-c2ccccc2)cc1. The average Bonchev–Trinajstić information content (AvgIpc) is 2.96. The van der Waals surface area contributed by atoms with Crippen molar-refractivity contribution in [2.75, 3.05) is 7.05 Å². The topological polar surface area (TPSA) is 70.2 Å². The van der Waals surface area contributed by atoms with E-state index in [0.29, 0.717) is 11.3 Å². The van der Waals surface area contributed by atoms with Gasteiger partial charge in [0.25, 0.3) is 5.91 Å². The molecule has 6 heteroatoms. The van der Waals surface area contributed by atoms with Gasteiger partial charge < -0.3 is 4.90 Å². The lowest BCUT2D eigenvalue weighted by Gasteiger charge is -2.14. The fourth-order valence-corrected chi connectivity index (χ4v) is 2.43. The summed E-state index contributed by atoms with van der Waals surface area (Å²) in [5.41, 5.74) is 2.28. The maximum Gasteiger partial charge on any atom is 0.432 e. The van der Waals surface area contributed by atoms with Gasteiger partial charge in [0.2, 0.25) is 5.69 Å². The Morgan fingerprint density at radius 1 is 1.12 bits per heavy atom. The van der Waals surface area contributed by atoms with Gasteiger partial charge in [0.1, 0.15) is 6.54 Å². The zero-order valence-electron chi connectivity index (χ0n) is 13.5. The van der Waals surface area contributed by atoms with Gasteiger partial charge in [-0.05, 0) is 29.0 Å². The van der Waals surface area contributed by atoms with Crippen LogP contribution in [-0.2, 0) is 6.54 Å². The third-order valence-electron chi connectivity index (χ3n) is 3.78. The predicted octanol–water partition coefficient (Wildman–Crippen LogP) is 1.83. The van der Waals surface area contributed by atoms with E-state index in [2.05, 4.69) is 5.27 Å². The molecule has 122 valence electrons. The molecule has 1 heterocycles.